The molecule has 0 bridgehead atoms. The number of aromatic hydroxyl groups is 1. The first kappa shape index (κ1) is 10.1. The molecule has 76 valence electrons. The third-order valence-electron chi connectivity index (χ3n) is 2.17. The molecular weight excluding hydrogens is 204 g/mol. The van der Waals surface area contributed by atoms with Crippen LogP contribution in [0.2, 0.25) is 0 Å². The maximum atomic E-state index is 9.84. The van der Waals surface area contributed by atoms with Crippen molar-refractivity contribution in [2.24, 2.45) is 0 Å². The Morgan fingerprint density at radius 1 is 0.933 bits per heavy atom. The van der Waals surface area contributed by atoms with Gasteiger partial charge in [0.25, 0.3) is 0 Å². The molecule has 0 unspecified atom stereocenters. The standard InChI is InChI=1S/C13H12OS/c1-10-6-5-9-12(13(10)14)15-11-7-3-2-4-8-11/h2-9,14H,1H3. The normalized spacial score (nSPS) is 10.2. The highest BCUT2D eigenvalue weighted by Crippen LogP contribution is 2.35. The lowest BCUT2D eigenvalue weighted by atomic mass is 10.2. The van der Waals surface area contributed by atoms with E-state index in [0.717, 1.165) is 15.4 Å². The number of aryl methyl sites for hydroxylation is 1. The Hall–Kier alpha value is -1.41. The minimum atomic E-state index is 0.381. The van der Waals surface area contributed by atoms with E-state index in [2.05, 4.69) is 0 Å². The minimum Gasteiger partial charge on any atom is -0.506 e. The molecule has 2 aromatic rings. The zero-order valence-corrected chi connectivity index (χ0v) is 9.29. The molecule has 0 heterocycles. The summed E-state index contributed by atoms with van der Waals surface area (Å²) in [6.07, 6.45) is 0. The largest absolute Gasteiger partial charge is 0.506 e. The second kappa shape index (κ2) is 4.41. The van der Waals surface area contributed by atoms with Crippen LogP contribution in [0.5, 0.6) is 5.75 Å². The van der Waals surface area contributed by atoms with E-state index in [1.165, 1.54) is 0 Å². The summed E-state index contributed by atoms with van der Waals surface area (Å²) in [5, 5.41) is 9.84. The molecular formula is C13H12OS. The summed E-state index contributed by atoms with van der Waals surface area (Å²) < 4.78 is 0. The Morgan fingerprint density at radius 2 is 1.67 bits per heavy atom. The molecule has 0 saturated carbocycles. The molecule has 0 aliphatic carbocycles. The summed E-state index contributed by atoms with van der Waals surface area (Å²) >= 11 is 1.58. The smallest absolute Gasteiger partial charge is 0.132 e. The zero-order valence-electron chi connectivity index (χ0n) is 8.47. The van der Waals surface area contributed by atoms with Crippen molar-refractivity contribution in [1.82, 2.24) is 0 Å². The molecule has 0 saturated heterocycles. The van der Waals surface area contributed by atoms with Crippen molar-refractivity contribution >= 4 is 11.8 Å². The number of phenols is 1. The summed E-state index contributed by atoms with van der Waals surface area (Å²) in [5.74, 6) is 0.381. The first-order valence-electron chi connectivity index (χ1n) is 4.79. The highest BCUT2D eigenvalue weighted by atomic mass is 32.2. The Kier molecular flexibility index (Phi) is 2.97. The Bertz CT molecular complexity index is 451. The predicted molar refractivity (Wildman–Crippen MR) is 63.4 cm³/mol. The van der Waals surface area contributed by atoms with Crippen molar-refractivity contribution in [3.8, 4) is 5.75 Å². The summed E-state index contributed by atoms with van der Waals surface area (Å²) in [5.41, 5.74) is 0.913. The summed E-state index contributed by atoms with van der Waals surface area (Å²) in [4.78, 5) is 2.04. The van der Waals surface area contributed by atoms with E-state index < -0.39 is 0 Å². The van der Waals surface area contributed by atoms with Crippen molar-refractivity contribution in [2.45, 2.75) is 16.7 Å². The highest BCUT2D eigenvalue weighted by Gasteiger charge is 2.04. The topological polar surface area (TPSA) is 20.2 Å². The maximum absolute atomic E-state index is 9.84. The molecule has 0 radical (unpaired) electrons. The first-order valence-corrected chi connectivity index (χ1v) is 5.60. The van der Waals surface area contributed by atoms with Gasteiger partial charge in [0.05, 0.1) is 4.90 Å². The maximum Gasteiger partial charge on any atom is 0.132 e. The second-order valence-electron chi connectivity index (χ2n) is 3.34. The van der Waals surface area contributed by atoms with E-state index in [0.29, 0.717) is 5.75 Å². The summed E-state index contributed by atoms with van der Waals surface area (Å²) in [7, 11) is 0. The van der Waals surface area contributed by atoms with Gasteiger partial charge in [-0.1, -0.05) is 42.1 Å². The zero-order chi connectivity index (χ0) is 10.7. The Balaban J connectivity index is 2.29. The van der Waals surface area contributed by atoms with Gasteiger partial charge in [-0.25, -0.2) is 0 Å². The molecule has 0 fully saturated rings. The number of hydrogen-bond donors (Lipinski definition) is 1. The average molecular weight is 216 g/mol. The van der Waals surface area contributed by atoms with Crippen LogP contribution in [0.3, 0.4) is 0 Å². The molecule has 2 rings (SSSR count). The van der Waals surface area contributed by atoms with Crippen molar-refractivity contribution in [3.63, 3.8) is 0 Å². The van der Waals surface area contributed by atoms with Crippen LogP contribution in [0.15, 0.2) is 58.3 Å². The van der Waals surface area contributed by atoms with Crippen molar-refractivity contribution in [3.05, 3.63) is 54.1 Å². The van der Waals surface area contributed by atoms with Gasteiger partial charge in [0.15, 0.2) is 0 Å². The van der Waals surface area contributed by atoms with Crippen LogP contribution >= 0.6 is 11.8 Å². The molecule has 0 aromatic heterocycles. The molecule has 0 atom stereocenters. The van der Waals surface area contributed by atoms with E-state index >= 15 is 0 Å². The molecule has 0 amide bonds. The van der Waals surface area contributed by atoms with E-state index in [9.17, 15) is 5.11 Å². The number of hydrogen-bond acceptors (Lipinski definition) is 2. The van der Waals surface area contributed by atoms with Crippen LogP contribution in [0.1, 0.15) is 5.56 Å². The van der Waals surface area contributed by atoms with E-state index in [-0.39, 0.29) is 0 Å². The monoisotopic (exact) mass is 216 g/mol. The lowest BCUT2D eigenvalue weighted by Crippen LogP contribution is -1.78. The summed E-state index contributed by atoms with van der Waals surface area (Å²) in [6.45, 7) is 1.91. The fourth-order valence-electron chi connectivity index (χ4n) is 1.33. The second-order valence-corrected chi connectivity index (χ2v) is 4.45. The molecule has 0 aliphatic heterocycles. The molecule has 2 aromatic carbocycles. The third-order valence-corrected chi connectivity index (χ3v) is 3.23. The van der Waals surface area contributed by atoms with Crippen molar-refractivity contribution in [1.29, 1.82) is 0 Å². The Morgan fingerprint density at radius 3 is 2.40 bits per heavy atom. The van der Waals surface area contributed by atoms with Gasteiger partial charge in [0.2, 0.25) is 0 Å². The molecule has 15 heavy (non-hydrogen) atoms. The van der Waals surface area contributed by atoms with Gasteiger partial charge >= 0.3 is 0 Å². The molecule has 0 aliphatic rings. The summed E-state index contributed by atoms with van der Waals surface area (Å²) in [6, 6.07) is 15.8. The van der Waals surface area contributed by atoms with Gasteiger partial charge in [0.1, 0.15) is 5.75 Å². The average Bonchev–Trinajstić information content (AvgIpc) is 2.26. The lowest BCUT2D eigenvalue weighted by Gasteiger charge is -2.06. The van der Waals surface area contributed by atoms with Gasteiger partial charge in [-0.3, -0.25) is 0 Å². The van der Waals surface area contributed by atoms with Crippen LogP contribution in [-0.4, -0.2) is 5.11 Å². The van der Waals surface area contributed by atoms with Crippen LogP contribution in [0, 0.1) is 6.92 Å². The van der Waals surface area contributed by atoms with Crippen molar-refractivity contribution < 1.29 is 5.11 Å². The number of phenolic OH excluding ortho intramolecular Hbond substituents is 1. The Labute approximate surface area is 93.8 Å². The van der Waals surface area contributed by atoms with Gasteiger partial charge in [-0.2, -0.15) is 0 Å². The number of rotatable bonds is 2. The van der Waals surface area contributed by atoms with Gasteiger partial charge < -0.3 is 5.11 Å². The molecule has 1 N–H and O–H groups in total. The van der Waals surface area contributed by atoms with Gasteiger partial charge in [0, 0.05) is 4.90 Å². The first-order chi connectivity index (χ1) is 7.27. The minimum absolute atomic E-state index is 0.381. The fourth-order valence-corrected chi connectivity index (χ4v) is 2.28. The molecule has 0 spiro atoms. The van der Waals surface area contributed by atoms with Crippen molar-refractivity contribution in [2.75, 3.05) is 0 Å². The number of benzene rings is 2. The van der Waals surface area contributed by atoms with Crippen LogP contribution < -0.4 is 0 Å². The third kappa shape index (κ3) is 2.34. The molecule has 2 heteroatoms. The van der Waals surface area contributed by atoms with E-state index in [1.807, 2.05) is 55.5 Å². The van der Waals surface area contributed by atoms with E-state index in [4.69, 9.17) is 0 Å². The van der Waals surface area contributed by atoms with Crippen LogP contribution in [-0.2, 0) is 0 Å². The predicted octanol–water partition coefficient (Wildman–Crippen LogP) is 3.85. The van der Waals surface area contributed by atoms with E-state index in [1.54, 1.807) is 11.8 Å². The SMILES string of the molecule is Cc1cccc(Sc2ccccc2)c1O. The van der Waals surface area contributed by atoms with Crippen LogP contribution in [0.4, 0.5) is 0 Å². The van der Waals surface area contributed by atoms with Gasteiger partial charge in [-0.15, -0.1) is 0 Å². The highest BCUT2D eigenvalue weighted by molar-refractivity contribution is 7.99. The van der Waals surface area contributed by atoms with Crippen LogP contribution in [0.25, 0.3) is 0 Å². The number of para-hydroxylation sites is 1. The molecule has 1 nitrogen and oxygen atoms in total. The van der Waals surface area contributed by atoms with Gasteiger partial charge in [-0.05, 0) is 30.7 Å². The fraction of sp³-hybridized carbons (Fsp3) is 0.0769. The lowest BCUT2D eigenvalue weighted by molar-refractivity contribution is 0.458. The quantitative estimate of drug-likeness (QED) is 0.822.